The van der Waals surface area contributed by atoms with Crippen LogP contribution in [0.2, 0.25) is 0 Å². The van der Waals surface area contributed by atoms with Gasteiger partial charge in [0, 0.05) is 5.69 Å². The number of carbonyl (C=O) groups excluding carboxylic acids is 1. The normalized spacial score (nSPS) is 12.0. The average Bonchev–Trinajstić information content (AvgIpc) is 2.71. The third-order valence-electron chi connectivity index (χ3n) is 4.68. The van der Waals surface area contributed by atoms with Crippen molar-refractivity contribution in [2.45, 2.75) is 19.6 Å². The van der Waals surface area contributed by atoms with E-state index in [2.05, 4.69) is 41.7 Å². The van der Waals surface area contributed by atoms with Crippen molar-refractivity contribution in [2.24, 2.45) is 0 Å². The summed E-state index contributed by atoms with van der Waals surface area (Å²) in [5.41, 5.74) is 1.89. The number of ether oxygens (including phenoxy) is 1. The van der Waals surface area contributed by atoms with Gasteiger partial charge in [0.15, 0.2) is 0 Å². The zero-order valence-corrected chi connectivity index (χ0v) is 15.2. The molecule has 1 atom stereocenters. The molecule has 134 valence electrons. The minimum atomic E-state index is -0.424. The van der Waals surface area contributed by atoms with Gasteiger partial charge >= 0.3 is 5.97 Å². The first-order valence-corrected chi connectivity index (χ1v) is 9.09. The van der Waals surface area contributed by atoms with Crippen LogP contribution in [0.3, 0.4) is 0 Å². The van der Waals surface area contributed by atoms with Gasteiger partial charge < -0.3 is 10.1 Å². The molecule has 0 bridgehead atoms. The number of hydrogen-bond donors (Lipinski definition) is 1. The molecule has 4 aromatic rings. The van der Waals surface area contributed by atoms with E-state index in [-0.39, 0.29) is 12.6 Å². The van der Waals surface area contributed by atoms with Crippen molar-refractivity contribution in [1.29, 1.82) is 0 Å². The van der Waals surface area contributed by atoms with Gasteiger partial charge in [-0.3, -0.25) is 0 Å². The summed E-state index contributed by atoms with van der Waals surface area (Å²) in [6.45, 7) is 2.09. The van der Waals surface area contributed by atoms with E-state index in [0.717, 1.165) is 22.0 Å². The van der Waals surface area contributed by atoms with E-state index in [9.17, 15) is 4.79 Å². The minimum absolute atomic E-state index is 0.267. The Morgan fingerprint density at radius 1 is 0.815 bits per heavy atom. The SMILES string of the molecule is C[C@H](Nc1ccc2ccccc2c1)C(=O)OCc1ccc2ccccc2c1. The lowest BCUT2D eigenvalue weighted by atomic mass is 10.1. The number of carbonyl (C=O) groups is 1. The average molecular weight is 355 g/mol. The molecule has 0 amide bonds. The van der Waals surface area contributed by atoms with Crippen LogP contribution in [0.25, 0.3) is 21.5 Å². The van der Waals surface area contributed by atoms with Crippen molar-refractivity contribution in [1.82, 2.24) is 0 Å². The lowest BCUT2D eigenvalue weighted by molar-refractivity contribution is -0.145. The number of benzene rings is 4. The van der Waals surface area contributed by atoms with Gasteiger partial charge in [-0.2, -0.15) is 0 Å². The molecule has 0 saturated heterocycles. The van der Waals surface area contributed by atoms with Crippen LogP contribution in [0, 0.1) is 0 Å². The highest BCUT2D eigenvalue weighted by Gasteiger charge is 2.14. The fraction of sp³-hybridized carbons (Fsp3) is 0.125. The quantitative estimate of drug-likeness (QED) is 0.478. The molecule has 27 heavy (non-hydrogen) atoms. The van der Waals surface area contributed by atoms with Crippen molar-refractivity contribution in [3.63, 3.8) is 0 Å². The van der Waals surface area contributed by atoms with Crippen LogP contribution in [-0.2, 0) is 16.1 Å². The summed E-state index contributed by atoms with van der Waals surface area (Å²) >= 11 is 0. The van der Waals surface area contributed by atoms with Gasteiger partial charge in [-0.25, -0.2) is 4.79 Å². The Balaban J connectivity index is 1.39. The Morgan fingerprint density at radius 3 is 2.11 bits per heavy atom. The van der Waals surface area contributed by atoms with Crippen molar-refractivity contribution in [3.05, 3.63) is 90.5 Å². The highest BCUT2D eigenvalue weighted by atomic mass is 16.5. The van der Waals surface area contributed by atoms with Crippen LogP contribution < -0.4 is 5.32 Å². The molecule has 4 aromatic carbocycles. The lowest BCUT2D eigenvalue weighted by Crippen LogP contribution is -2.28. The molecule has 3 nitrogen and oxygen atoms in total. The highest BCUT2D eigenvalue weighted by Crippen LogP contribution is 2.20. The molecule has 0 aliphatic carbocycles. The molecular formula is C24H21NO2. The van der Waals surface area contributed by atoms with Gasteiger partial charge in [0.05, 0.1) is 0 Å². The molecule has 4 rings (SSSR count). The molecule has 0 unspecified atom stereocenters. The maximum Gasteiger partial charge on any atom is 0.328 e. The molecule has 0 fully saturated rings. The predicted octanol–water partition coefficient (Wildman–Crippen LogP) is 5.54. The predicted molar refractivity (Wildman–Crippen MR) is 111 cm³/mol. The van der Waals surface area contributed by atoms with Crippen LogP contribution in [0.15, 0.2) is 84.9 Å². The maximum absolute atomic E-state index is 12.4. The summed E-state index contributed by atoms with van der Waals surface area (Å²) < 4.78 is 5.50. The fourth-order valence-corrected chi connectivity index (χ4v) is 3.20. The van der Waals surface area contributed by atoms with Crippen molar-refractivity contribution >= 4 is 33.2 Å². The lowest BCUT2D eigenvalue weighted by Gasteiger charge is -2.15. The third-order valence-corrected chi connectivity index (χ3v) is 4.68. The van der Waals surface area contributed by atoms with Gasteiger partial charge in [-0.15, -0.1) is 0 Å². The Hall–Kier alpha value is -3.33. The highest BCUT2D eigenvalue weighted by molar-refractivity contribution is 5.87. The van der Waals surface area contributed by atoms with E-state index in [0.29, 0.717) is 0 Å². The van der Waals surface area contributed by atoms with E-state index in [1.165, 1.54) is 10.8 Å². The second-order valence-electron chi connectivity index (χ2n) is 6.72. The Kier molecular flexibility index (Phi) is 4.75. The maximum atomic E-state index is 12.4. The standard InChI is InChI=1S/C24H21NO2/c1-17(25-23-13-12-20-7-3-5-9-22(20)15-23)24(26)27-16-18-10-11-19-6-2-4-8-21(19)14-18/h2-15,17,25H,16H2,1H3/t17-/m0/s1. The summed E-state index contributed by atoms with van der Waals surface area (Å²) in [7, 11) is 0. The molecule has 0 aromatic heterocycles. The van der Waals surface area contributed by atoms with Crippen LogP contribution >= 0.6 is 0 Å². The number of nitrogens with one attached hydrogen (secondary N) is 1. The van der Waals surface area contributed by atoms with E-state index >= 15 is 0 Å². The molecule has 0 saturated carbocycles. The van der Waals surface area contributed by atoms with Crippen molar-refractivity contribution in [2.75, 3.05) is 5.32 Å². The van der Waals surface area contributed by atoms with Gasteiger partial charge in [0.25, 0.3) is 0 Å². The van der Waals surface area contributed by atoms with E-state index in [1.807, 2.05) is 55.5 Å². The zero-order chi connectivity index (χ0) is 18.6. The van der Waals surface area contributed by atoms with Crippen molar-refractivity contribution < 1.29 is 9.53 Å². The first-order chi connectivity index (χ1) is 13.2. The van der Waals surface area contributed by atoms with Crippen LogP contribution in [0.4, 0.5) is 5.69 Å². The summed E-state index contributed by atoms with van der Waals surface area (Å²) in [6, 6.07) is 28.1. The second-order valence-corrected chi connectivity index (χ2v) is 6.72. The van der Waals surface area contributed by atoms with Gasteiger partial charge in [0.1, 0.15) is 12.6 Å². The molecule has 0 aliphatic rings. The molecule has 0 radical (unpaired) electrons. The molecule has 0 heterocycles. The van der Waals surface area contributed by atoms with Gasteiger partial charge in [0.2, 0.25) is 0 Å². The smallest absolute Gasteiger partial charge is 0.328 e. The number of esters is 1. The molecular weight excluding hydrogens is 334 g/mol. The largest absolute Gasteiger partial charge is 0.459 e. The monoisotopic (exact) mass is 355 g/mol. The number of hydrogen-bond acceptors (Lipinski definition) is 3. The first kappa shape index (κ1) is 17.1. The van der Waals surface area contributed by atoms with Crippen LogP contribution in [0.1, 0.15) is 12.5 Å². The van der Waals surface area contributed by atoms with Crippen LogP contribution in [-0.4, -0.2) is 12.0 Å². The number of fused-ring (bicyclic) bond motifs is 2. The molecule has 0 aliphatic heterocycles. The Morgan fingerprint density at radius 2 is 1.41 bits per heavy atom. The molecule has 1 N–H and O–H groups in total. The molecule has 3 heteroatoms. The Labute approximate surface area is 158 Å². The topological polar surface area (TPSA) is 38.3 Å². The third kappa shape index (κ3) is 3.93. The van der Waals surface area contributed by atoms with E-state index < -0.39 is 6.04 Å². The van der Waals surface area contributed by atoms with E-state index in [4.69, 9.17) is 4.74 Å². The number of anilines is 1. The summed E-state index contributed by atoms with van der Waals surface area (Å²) in [5.74, 6) is -0.267. The fourth-order valence-electron chi connectivity index (χ4n) is 3.20. The van der Waals surface area contributed by atoms with E-state index in [1.54, 1.807) is 0 Å². The zero-order valence-electron chi connectivity index (χ0n) is 15.2. The van der Waals surface area contributed by atoms with Gasteiger partial charge in [-0.05, 0) is 52.2 Å². The number of rotatable bonds is 5. The summed E-state index contributed by atoms with van der Waals surface area (Å²) in [4.78, 5) is 12.4. The Bertz CT molecular complexity index is 1100. The first-order valence-electron chi connectivity index (χ1n) is 9.09. The minimum Gasteiger partial charge on any atom is -0.459 e. The second kappa shape index (κ2) is 7.50. The van der Waals surface area contributed by atoms with Crippen molar-refractivity contribution in [3.8, 4) is 0 Å². The summed E-state index contributed by atoms with van der Waals surface area (Å²) in [6.07, 6.45) is 0. The molecule has 0 spiro atoms. The van der Waals surface area contributed by atoms with Gasteiger partial charge in [-0.1, -0.05) is 66.7 Å². The summed E-state index contributed by atoms with van der Waals surface area (Å²) in [5, 5.41) is 7.87. The van der Waals surface area contributed by atoms with Crippen LogP contribution in [0.5, 0.6) is 0 Å².